The van der Waals surface area contributed by atoms with Crippen LogP contribution in [0.4, 0.5) is 0 Å². The van der Waals surface area contributed by atoms with E-state index in [1.54, 1.807) is 35.9 Å². The third-order valence-electron chi connectivity index (χ3n) is 3.22. The molecule has 3 rings (SSSR count). The summed E-state index contributed by atoms with van der Waals surface area (Å²) in [6, 6.07) is 5.54. The molecule has 0 bridgehead atoms. The summed E-state index contributed by atoms with van der Waals surface area (Å²) in [6.45, 7) is 2.21. The van der Waals surface area contributed by atoms with E-state index in [2.05, 4.69) is 10.1 Å². The molecule has 23 heavy (non-hydrogen) atoms. The number of rotatable bonds is 4. The SMILES string of the molecule is CCOC(=O)c1cnn(Cc2cn3cc(Cl)ccc3n2)c1C#N. The van der Waals surface area contributed by atoms with E-state index in [1.807, 2.05) is 6.07 Å². The van der Waals surface area contributed by atoms with Crippen molar-refractivity contribution in [2.24, 2.45) is 0 Å². The Balaban J connectivity index is 1.92. The highest BCUT2D eigenvalue weighted by Crippen LogP contribution is 2.14. The van der Waals surface area contributed by atoms with Crippen LogP contribution in [-0.2, 0) is 11.3 Å². The van der Waals surface area contributed by atoms with Crippen molar-refractivity contribution in [2.75, 3.05) is 6.61 Å². The van der Waals surface area contributed by atoms with Gasteiger partial charge in [0, 0.05) is 12.4 Å². The molecule has 0 aliphatic heterocycles. The number of nitrogens with zero attached hydrogens (tertiary/aromatic N) is 5. The minimum absolute atomic E-state index is 0.151. The number of pyridine rings is 1. The fraction of sp³-hybridized carbons (Fsp3) is 0.200. The molecule has 0 fully saturated rings. The van der Waals surface area contributed by atoms with E-state index in [-0.39, 0.29) is 24.4 Å². The van der Waals surface area contributed by atoms with Crippen molar-refractivity contribution in [1.29, 1.82) is 5.26 Å². The highest BCUT2D eigenvalue weighted by Gasteiger charge is 2.19. The van der Waals surface area contributed by atoms with Crippen LogP contribution in [-0.4, -0.2) is 31.7 Å². The Bertz CT molecular complexity index is 922. The topological polar surface area (TPSA) is 85.2 Å². The number of carbonyl (C=O) groups is 1. The van der Waals surface area contributed by atoms with Gasteiger partial charge in [0.2, 0.25) is 0 Å². The van der Waals surface area contributed by atoms with Gasteiger partial charge in [-0.3, -0.25) is 0 Å². The third-order valence-corrected chi connectivity index (χ3v) is 3.44. The van der Waals surface area contributed by atoms with Crippen LogP contribution in [0.1, 0.15) is 28.7 Å². The average Bonchev–Trinajstić information content (AvgIpc) is 3.10. The molecule has 0 N–H and O–H groups in total. The molecule has 0 atom stereocenters. The van der Waals surface area contributed by atoms with Gasteiger partial charge in [0.05, 0.1) is 30.1 Å². The van der Waals surface area contributed by atoms with Crippen molar-refractivity contribution in [1.82, 2.24) is 19.2 Å². The lowest BCUT2D eigenvalue weighted by Crippen LogP contribution is -2.09. The summed E-state index contributed by atoms with van der Waals surface area (Å²) in [4.78, 5) is 16.2. The predicted octanol–water partition coefficient (Wildman–Crippen LogP) is 2.28. The number of hydrogen-bond donors (Lipinski definition) is 0. The first-order chi connectivity index (χ1) is 11.1. The second kappa shape index (κ2) is 6.10. The van der Waals surface area contributed by atoms with Crippen molar-refractivity contribution in [3.05, 3.63) is 52.7 Å². The van der Waals surface area contributed by atoms with Crippen molar-refractivity contribution in [3.63, 3.8) is 0 Å². The fourth-order valence-corrected chi connectivity index (χ4v) is 2.40. The van der Waals surface area contributed by atoms with Gasteiger partial charge in [-0.2, -0.15) is 10.4 Å². The lowest BCUT2D eigenvalue weighted by Gasteiger charge is -2.01. The fourth-order valence-electron chi connectivity index (χ4n) is 2.23. The predicted molar refractivity (Wildman–Crippen MR) is 82.2 cm³/mol. The number of imidazole rings is 1. The largest absolute Gasteiger partial charge is 0.462 e. The molecule has 0 spiro atoms. The van der Waals surface area contributed by atoms with E-state index in [9.17, 15) is 10.1 Å². The van der Waals surface area contributed by atoms with E-state index in [0.29, 0.717) is 10.7 Å². The van der Waals surface area contributed by atoms with Gasteiger partial charge in [-0.15, -0.1) is 0 Å². The van der Waals surface area contributed by atoms with Gasteiger partial charge in [-0.25, -0.2) is 14.5 Å². The van der Waals surface area contributed by atoms with E-state index in [1.165, 1.54) is 10.9 Å². The maximum Gasteiger partial charge on any atom is 0.342 e. The summed E-state index contributed by atoms with van der Waals surface area (Å²) in [5, 5.41) is 14.0. The van der Waals surface area contributed by atoms with E-state index in [0.717, 1.165) is 5.65 Å². The molecule has 7 nitrogen and oxygen atoms in total. The first-order valence-electron chi connectivity index (χ1n) is 6.88. The molecule has 0 amide bonds. The minimum Gasteiger partial charge on any atom is -0.462 e. The number of fused-ring (bicyclic) bond motifs is 1. The monoisotopic (exact) mass is 329 g/mol. The molecule has 0 saturated carbocycles. The number of hydrogen-bond acceptors (Lipinski definition) is 5. The molecular weight excluding hydrogens is 318 g/mol. The Morgan fingerprint density at radius 1 is 1.43 bits per heavy atom. The van der Waals surface area contributed by atoms with Crippen molar-refractivity contribution in [3.8, 4) is 6.07 Å². The quantitative estimate of drug-likeness (QED) is 0.685. The molecule has 8 heteroatoms. The van der Waals surface area contributed by atoms with Crippen LogP contribution in [0.25, 0.3) is 5.65 Å². The Labute approximate surface area is 136 Å². The summed E-state index contributed by atoms with van der Waals surface area (Å²) in [5.41, 5.74) is 1.74. The molecule has 3 aromatic rings. The van der Waals surface area contributed by atoms with Gasteiger partial charge in [0.15, 0.2) is 5.69 Å². The Kier molecular flexibility index (Phi) is 4.00. The molecule has 3 aromatic heterocycles. The van der Waals surface area contributed by atoms with Gasteiger partial charge in [0.1, 0.15) is 17.3 Å². The summed E-state index contributed by atoms with van der Waals surface area (Å²) in [5.74, 6) is -0.558. The molecular formula is C15H12ClN5O2. The molecule has 0 radical (unpaired) electrons. The van der Waals surface area contributed by atoms with Crippen LogP contribution in [0.15, 0.2) is 30.7 Å². The second-order valence-electron chi connectivity index (χ2n) is 4.74. The van der Waals surface area contributed by atoms with Crippen LogP contribution in [0, 0.1) is 11.3 Å². The Morgan fingerprint density at radius 2 is 2.26 bits per heavy atom. The normalized spacial score (nSPS) is 10.7. The maximum atomic E-state index is 11.8. The average molecular weight is 330 g/mol. The molecule has 116 valence electrons. The number of nitriles is 1. The van der Waals surface area contributed by atoms with Crippen molar-refractivity contribution in [2.45, 2.75) is 13.5 Å². The van der Waals surface area contributed by atoms with Crippen LogP contribution >= 0.6 is 11.6 Å². The van der Waals surface area contributed by atoms with Gasteiger partial charge in [0.25, 0.3) is 0 Å². The first-order valence-corrected chi connectivity index (χ1v) is 7.26. The summed E-state index contributed by atoms with van der Waals surface area (Å²) >= 11 is 5.94. The van der Waals surface area contributed by atoms with Gasteiger partial charge < -0.3 is 9.14 Å². The summed E-state index contributed by atoms with van der Waals surface area (Å²) in [6.07, 6.45) is 4.88. The van der Waals surface area contributed by atoms with Gasteiger partial charge >= 0.3 is 5.97 Å². The zero-order valence-electron chi connectivity index (χ0n) is 12.2. The van der Waals surface area contributed by atoms with E-state index in [4.69, 9.17) is 16.3 Å². The number of aromatic nitrogens is 4. The zero-order chi connectivity index (χ0) is 16.4. The smallest absolute Gasteiger partial charge is 0.342 e. The van der Waals surface area contributed by atoms with E-state index >= 15 is 0 Å². The second-order valence-corrected chi connectivity index (χ2v) is 5.18. The maximum absolute atomic E-state index is 11.8. The van der Waals surface area contributed by atoms with Crippen molar-refractivity contribution >= 4 is 23.2 Å². The minimum atomic E-state index is -0.558. The number of carbonyl (C=O) groups excluding carboxylic acids is 1. The third kappa shape index (κ3) is 2.89. The molecule has 3 heterocycles. The van der Waals surface area contributed by atoms with Gasteiger partial charge in [-0.05, 0) is 19.1 Å². The Hall–Kier alpha value is -2.85. The number of esters is 1. The van der Waals surface area contributed by atoms with Crippen LogP contribution in [0.3, 0.4) is 0 Å². The molecule has 0 unspecified atom stereocenters. The van der Waals surface area contributed by atoms with E-state index < -0.39 is 5.97 Å². The number of halogens is 1. The molecule has 0 saturated heterocycles. The standard InChI is InChI=1S/C15H12ClN5O2/c1-2-23-15(22)12-6-18-21(13(12)5-17)9-11-8-20-7-10(16)3-4-14(20)19-11/h3-4,6-8H,2,9H2,1H3. The lowest BCUT2D eigenvalue weighted by molar-refractivity contribution is 0.0526. The van der Waals surface area contributed by atoms with Crippen LogP contribution < -0.4 is 0 Å². The van der Waals surface area contributed by atoms with Crippen LogP contribution in [0.2, 0.25) is 5.02 Å². The highest BCUT2D eigenvalue weighted by molar-refractivity contribution is 6.30. The molecule has 0 aromatic carbocycles. The Morgan fingerprint density at radius 3 is 3.00 bits per heavy atom. The number of ether oxygens (including phenoxy) is 1. The first kappa shape index (κ1) is 15.1. The highest BCUT2D eigenvalue weighted by atomic mass is 35.5. The van der Waals surface area contributed by atoms with Gasteiger partial charge in [-0.1, -0.05) is 11.6 Å². The zero-order valence-corrected chi connectivity index (χ0v) is 13.0. The molecule has 0 aliphatic carbocycles. The summed E-state index contributed by atoms with van der Waals surface area (Å²) in [7, 11) is 0. The van der Waals surface area contributed by atoms with Crippen LogP contribution in [0.5, 0.6) is 0 Å². The summed E-state index contributed by atoms with van der Waals surface area (Å²) < 4.78 is 8.13. The lowest BCUT2D eigenvalue weighted by atomic mass is 10.2. The van der Waals surface area contributed by atoms with Crippen molar-refractivity contribution < 1.29 is 9.53 Å². The molecule has 0 aliphatic rings.